The molecule has 2 fully saturated rings. The first-order valence-electron chi connectivity index (χ1n) is 6.36. The zero-order valence-corrected chi connectivity index (χ0v) is 10.5. The number of rotatable bonds is 2. The van der Waals surface area contributed by atoms with E-state index in [0.29, 0.717) is 0 Å². The van der Waals surface area contributed by atoms with Crippen molar-refractivity contribution < 1.29 is 9.59 Å². The van der Waals surface area contributed by atoms with Crippen molar-refractivity contribution in [2.24, 2.45) is 0 Å². The quantitative estimate of drug-likeness (QED) is 0.689. The lowest BCUT2D eigenvalue weighted by Gasteiger charge is -2.30. The molecule has 0 bridgehead atoms. The van der Waals surface area contributed by atoms with Crippen LogP contribution in [0.4, 0.5) is 5.95 Å². The molecule has 2 saturated heterocycles. The lowest BCUT2D eigenvalue weighted by Crippen LogP contribution is -2.51. The largest absolute Gasteiger partial charge is 0.314 e. The highest BCUT2D eigenvalue weighted by Crippen LogP contribution is 2.22. The Morgan fingerprint density at radius 2 is 1.84 bits per heavy atom. The Bertz CT molecular complexity index is 486. The molecule has 7 heteroatoms. The summed E-state index contributed by atoms with van der Waals surface area (Å²) in [5.41, 5.74) is 0. The van der Waals surface area contributed by atoms with Gasteiger partial charge in [0.25, 0.3) is 5.91 Å². The van der Waals surface area contributed by atoms with Crippen LogP contribution < -0.4 is 10.2 Å². The standard InChI is InChI=1S/C12H15N5O2/c18-10-8-9(16-6-4-13-5-7-16)11(19)17(10)12-14-2-1-3-15-12/h1-3,9,13H,4-8H2. The van der Waals surface area contributed by atoms with Crippen molar-refractivity contribution in [2.75, 3.05) is 31.1 Å². The first-order valence-corrected chi connectivity index (χ1v) is 6.36. The van der Waals surface area contributed by atoms with Gasteiger partial charge in [0.15, 0.2) is 0 Å². The molecule has 19 heavy (non-hydrogen) atoms. The number of nitrogens with one attached hydrogen (secondary N) is 1. The van der Waals surface area contributed by atoms with E-state index in [4.69, 9.17) is 0 Å². The minimum absolute atomic E-state index is 0.176. The molecule has 2 aliphatic heterocycles. The van der Waals surface area contributed by atoms with Crippen LogP contribution in [0.5, 0.6) is 0 Å². The molecule has 2 amide bonds. The average Bonchev–Trinajstić information content (AvgIpc) is 2.76. The number of hydrogen-bond acceptors (Lipinski definition) is 6. The second kappa shape index (κ2) is 5.02. The minimum atomic E-state index is -0.363. The fourth-order valence-corrected chi connectivity index (χ4v) is 2.51. The average molecular weight is 261 g/mol. The van der Waals surface area contributed by atoms with Crippen molar-refractivity contribution in [3.8, 4) is 0 Å². The van der Waals surface area contributed by atoms with E-state index in [0.717, 1.165) is 31.1 Å². The van der Waals surface area contributed by atoms with Gasteiger partial charge in [-0.2, -0.15) is 0 Å². The Balaban J connectivity index is 1.81. The van der Waals surface area contributed by atoms with Gasteiger partial charge in [-0.3, -0.25) is 14.5 Å². The summed E-state index contributed by atoms with van der Waals surface area (Å²) in [5.74, 6) is -0.257. The molecule has 3 rings (SSSR count). The predicted octanol–water partition coefficient (Wildman–Crippen LogP) is -0.986. The topological polar surface area (TPSA) is 78.4 Å². The molecular weight excluding hydrogens is 246 g/mol. The van der Waals surface area contributed by atoms with E-state index >= 15 is 0 Å². The summed E-state index contributed by atoms with van der Waals surface area (Å²) in [6.45, 7) is 3.26. The highest BCUT2D eigenvalue weighted by Gasteiger charge is 2.43. The van der Waals surface area contributed by atoms with Crippen molar-refractivity contribution in [1.29, 1.82) is 0 Å². The second-order valence-electron chi connectivity index (χ2n) is 4.62. The molecular formula is C12H15N5O2. The monoisotopic (exact) mass is 261 g/mol. The third kappa shape index (κ3) is 2.22. The number of anilines is 1. The number of amides is 2. The number of piperazine rings is 1. The summed E-state index contributed by atoms with van der Waals surface area (Å²) < 4.78 is 0. The van der Waals surface area contributed by atoms with Crippen molar-refractivity contribution in [2.45, 2.75) is 12.5 Å². The number of carbonyl (C=O) groups excluding carboxylic acids is 2. The van der Waals surface area contributed by atoms with E-state index in [2.05, 4.69) is 20.2 Å². The van der Waals surface area contributed by atoms with Gasteiger partial charge in [-0.15, -0.1) is 0 Å². The van der Waals surface area contributed by atoms with Crippen molar-refractivity contribution >= 4 is 17.8 Å². The van der Waals surface area contributed by atoms with Crippen LogP contribution in [0.2, 0.25) is 0 Å². The first kappa shape index (κ1) is 12.2. The zero-order valence-electron chi connectivity index (χ0n) is 10.5. The number of carbonyl (C=O) groups is 2. The molecule has 1 N–H and O–H groups in total. The lowest BCUT2D eigenvalue weighted by molar-refractivity contribution is -0.123. The molecule has 1 atom stereocenters. The fourth-order valence-electron chi connectivity index (χ4n) is 2.51. The lowest BCUT2D eigenvalue weighted by atomic mass is 10.2. The summed E-state index contributed by atoms with van der Waals surface area (Å²) in [6.07, 6.45) is 3.28. The van der Waals surface area contributed by atoms with E-state index in [1.54, 1.807) is 6.07 Å². The van der Waals surface area contributed by atoms with Gasteiger partial charge in [0.2, 0.25) is 11.9 Å². The van der Waals surface area contributed by atoms with Crippen molar-refractivity contribution in [3.05, 3.63) is 18.5 Å². The predicted molar refractivity (Wildman–Crippen MR) is 67.4 cm³/mol. The van der Waals surface area contributed by atoms with Crippen LogP contribution in [-0.2, 0) is 9.59 Å². The zero-order chi connectivity index (χ0) is 13.2. The van der Waals surface area contributed by atoms with E-state index in [1.807, 2.05) is 0 Å². The molecule has 0 aromatic carbocycles. The number of nitrogens with zero attached hydrogens (tertiary/aromatic N) is 4. The Hall–Kier alpha value is -1.86. The molecule has 2 aliphatic rings. The van der Waals surface area contributed by atoms with Crippen molar-refractivity contribution in [3.63, 3.8) is 0 Å². The summed E-state index contributed by atoms with van der Waals surface area (Å²) in [7, 11) is 0. The highest BCUT2D eigenvalue weighted by atomic mass is 16.2. The maximum Gasteiger partial charge on any atom is 0.254 e. The molecule has 0 radical (unpaired) electrons. The second-order valence-corrected chi connectivity index (χ2v) is 4.62. The highest BCUT2D eigenvalue weighted by molar-refractivity contribution is 6.21. The molecule has 100 valence electrons. The number of hydrogen-bond donors (Lipinski definition) is 1. The normalized spacial score (nSPS) is 25.1. The van der Waals surface area contributed by atoms with Gasteiger partial charge in [0, 0.05) is 38.6 Å². The Morgan fingerprint density at radius 1 is 1.16 bits per heavy atom. The molecule has 7 nitrogen and oxygen atoms in total. The maximum absolute atomic E-state index is 12.4. The van der Waals surface area contributed by atoms with Crippen LogP contribution in [-0.4, -0.2) is 58.9 Å². The summed E-state index contributed by atoms with van der Waals surface area (Å²) in [5, 5.41) is 3.23. The van der Waals surface area contributed by atoms with Crippen LogP contribution in [0.25, 0.3) is 0 Å². The fraction of sp³-hybridized carbons (Fsp3) is 0.500. The van der Waals surface area contributed by atoms with Gasteiger partial charge in [0.05, 0.1) is 12.5 Å². The van der Waals surface area contributed by atoms with Gasteiger partial charge in [-0.1, -0.05) is 0 Å². The van der Waals surface area contributed by atoms with Crippen molar-refractivity contribution in [1.82, 2.24) is 20.2 Å². The van der Waals surface area contributed by atoms with Crippen LogP contribution in [0, 0.1) is 0 Å². The van der Waals surface area contributed by atoms with Gasteiger partial charge < -0.3 is 5.32 Å². The molecule has 0 saturated carbocycles. The van der Waals surface area contributed by atoms with Crippen LogP contribution in [0.1, 0.15) is 6.42 Å². The molecule has 0 spiro atoms. The number of aromatic nitrogens is 2. The SMILES string of the molecule is O=C1CC(N2CCNCC2)C(=O)N1c1ncccn1. The van der Waals surface area contributed by atoms with E-state index in [1.165, 1.54) is 12.4 Å². The van der Waals surface area contributed by atoms with Crippen LogP contribution in [0.15, 0.2) is 18.5 Å². The van der Waals surface area contributed by atoms with Crippen LogP contribution in [0.3, 0.4) is 0 Å². The summed E-state index contributed by atoms with van der Waals surface area (Å²) in [6, 6.07) is 1.29. The Morgan fingerprint density at radius 3 is 2.53 bits per heavy atom. The van der Waals surface area contributed by atoms with Crippen LogP contribution >= 0.6 is 0 Å². The smallest absolute Gasteiger partial charge is 0.254 e. The summed E-state index contributed by atoms with van der Waals surface area (Å²) in [4.78, 5) is 35.5. The maximum atomic E-state index is 12.4. The molecule has 1 aromatic rings. The Labute approximate surface area is 110 Å². The minimum Gasteiger partial charge on any atom is -0.314 e. The molecule has 0 aliphatic carbocycles. The molecule has 1 aromatic heterocycles. The van der Waals surface area contributed by atoms with E-state index in [9.17, 15) is 9.59 Å². The molecule has 1 unspecified atom stereocenters. The van der Waals surface area contributed by atoms with E-state index < -0.39 is 0 Å². The third-order valence-electron chi connectivity index (χ3n) is 3.47. The summed E-state index contributed by atoms with van der Waals surface area (Å²) >= 11 is 0. The van der Waals surface area contributed by atoms with Gasteiger partial charge in [0.1, 0.15) is 0 Å². The Kier molecular flexibility index (Phi) is 3.22. The van der Waals surface area contributed by atoms with Gasteiger partial charge in [-0.25, -0.2) is 14.9 Å². The molecule has 3 heterocycles. The van der Waals surface area contributed by atoms with Gasteiger partial charge in [-0.05, 0) is 6.07 Å². The third-order valence-corrected chi connectivity index (χ3v) is 3.47. The van der Waals surface area contributed by atoms with E-state index in [-0.39, 0.29) is 30.2 Å². The number of imide groups is 1. The first-order chi connectivity index (χ1) is 9.27. The van der Waals surface area contributed by atoms with Gasteiger partial charge >= 0.3 is 0 Å².